The number of ketones is 3. The van der Waals surface area contributed by atoms with Crippen LogP contribution in [-0.2, 0) is 0 Å². The Hall–Kier alpha value is -4.97. The highest BCUT2D eigenvalue weighted by Gasteiger charge is 2.93. The fraction of sp³-hybridized carbons (Fsp3) is 0.343. The van der Waals surface area contributed by atoms with Gasteiger partial charge in [-0.25, -0.2) is 0 Å². The van der Waals surface area contributed by atoms with Crippen molar-refractivity contribution in [1.29, 1.82) is 0 Å². The van der Waals surface area contributed by atoms with Gasteiger partial charge in [0, 0.05) is 20.9 Å². The van der Waals surface area contributed by atoms with E-state index < -0.39 is 108 Å². The van der Waals surface area contributed by atoms with Crippen molar-refractivity contribution in [2.45, 2.75) is 71.6 Å². The third kappa shape index (κ3) is 6.96. The molecule has 0 amide bonds. The summed E-state index contributed by atoms with van der Waals surface area (Å²) in [5.41, 5.74) is -1.44. The lowest BCUT2D eigenvalue weighted by molar-refractivity contribution is -0.435. The van der Waals surface area contributed by atoms with Gasteiger partial charge in [0.15, 0.2) is 5.78 Å². The van der Waals surface area contributed by atoms with Crippen LogP contribution in [0.2, 0.25) is 0 Å². The maximum absolute atomic E-state index is 14.6. The number of fused-ring (bicyclic) bond motifs is 3. The zero-order valence-corrected chi connectivity index (χ0v) is 31.8. The van der Waals surface area contributed by atoms with Crippen LogP contribution in [0, 0.1) is 0 Å². The minimum atomic E-state index is -8.28. The third-order valence-corrected chi connectivity index (χ3v) is 11.8. The second-order valence-corrected chi connectivity index (χ2v) is 15.7. The van der Waals surface area contributed by atoms with Crippen molar-refractivity contribution >= 4 is 40.0 Å². The normalized spacial score (nSPS) is 15.3. The number of carbonyl (C=O) groups is 3. The van der Waals surface area contributed by atoms with Gasteiger partial charge in [0.05, 0.1) is 9.75 Å². The van der Waals surface area contributed by atoms with Gasteiger partial charge in [0.1, 0.15) is 0 Å². The molecule has 4 aromatic rings. The summed E-state index contributed by atoms with van der Waals surface area (Å²) in [5.74, 6) is -87.3. The van der Waals surface area contributed by atoms with Gasteiger partial charge in [-0.2, -0.15) is 114 Å². The zero-order valence-electron chi connectivity index (χ0n) is 30.1. The van der Waals surface area contributed by atoms with E-state index in [1.807, 2.05) is 0 Å². The van der Waals surface area contributed by atoms with Gasteiger partial charge < -0.3 is 0 Å². The molecule has 0 unspecified atom stereocenters. The third-order valence-electron chi connectivity index (χ3n) is 9.48. The predicted octanol–water partition coefficient (Wildman–Crippen LogP) is 14.2. The van der Waals surface area contributed by atoms with Crippen molar-refractivity contribution in [3.8, 4) is 32.0 Å². The molecule has 5 rings (SSSR count). The van der Waals surface area contributed by atoms with Crippen LogP contribution in [0.1, 0.15) is 35.3 Å². The quantitative estimate of drug-likeness (QED) is 0.0823. The lowest BCUT2D eigenvalue weighted by Crippen LogP contribution is -2.71. The molecule has 3 nitrogen and oxygen atoms in total. The molecule has 0 saturated heterocycles. The number of hydrogen-bond donors (Lipinski definition) is 0. The average molecular weight is 1040 g/mol. The van der Waals surface area contributed by atoms with Gasteiger partial charge >= 0.3 is 71.6 Å². The van der Waals surface area contributed by atoms with Crippen molar-refractivity contribution in [1.82, 2.24) is 0 Å². The first-order valence-corrected chi connectivity index (χ1v) is 18.0. The molecule has 31 heteroatoms. The number of alkyl halides is 26. The van der Waals surface area contributed by atoms with Gasteiger partial charge in [-0.3, -0.25) is 14.4 Å². The molecule has 0 aliphatic heterocycles. The van der Waals surface area contributed by atoms with Crippen LogP contribution in [0.25, 0.3) is 32.0 Å². The molecular formula is C35H10F26O3S2. The van der Waals surface area contributed by atoms with Gasteiger partial charge in [-0.05, 0) is 58.7 Å². The largest absolute Gasteiger partial charge is 0.460 e. The summed E-state index contributed by atoms with van der Waals surface area (Å²) in [6, 6.07) is 7.45. The summed E-state index contributed by atoms with van der Waals surface area (Å²) in [6.07, 6.45) is -15.4. The number of rotatable bonds is 14. The topological polar surface area (TPSA) is 51.2 Å². The highest BCUT2D eigenvalue weighted by Crippen LogP contribution is 2.62. The number of Topliss-reactive ketones (excluding diaryl/α,β-unsaturated/α-hetero) is 2. The monoisotopic (exact) mass is 1040 g/mol. The van der Waals surface area contributed by atoms with E-state index in [0.29, 0.717) is 12.1 Å². The van der Waals surface area contributed by atoms with E-state index in [1.165, 1.54) is 0 Å². The van der Waals surface area contributed by atoms with Gasteiger partial charge in [-0.1, -0.05) is 24.3 Å². The standard InChI is InChI=1S/C35H10F26O3S2/c36-24(37,26(40,41)28(44,45)30(48,49)32(52,53)34(56,57)58)22(63)19-7-5-17(65-19)11-1-3-13-14-4-2-12(10-16(14)21(62)15(13)9-11)18-6-8-20(66-18)23(64)25(38,39)27(42,43)29(46,47)31(50,51)33(54,55)35(59,60)61/h1-10H. The number of hydrogen-bond acceptors (Lipinski definition) is 5. The van der Waals surface area contributed by atoms with E-state index in [1.54, 1.807) is 0 Å². The summed E-state index contributed by atoms with van der Waals surface area (Å²) >= 11 is -0.622. The van der Waals surface area contributed by atoms with Gasteiger partial charge in [-0.15, -0.1) is 22.7 Å². The maximum Gasteiger partial charge on any atom is 0.460 e. The Bertz CT molecular complexity index is 2440. The SMILES string of the molecule is O=C1c2cc(-c3ccc(C(=O)C(F)(F)C(F)(F)C(F)(F)C(F)(F)C(F)(F)C(F)(F)F)s3)ccc2-c2ccc(-c3ccc(C(=O)C(F)(F)C(F)(F)C(F)(F)C(F)(F)C(F)(F)C(F)(F)F)s3)cc21. The van der Waals surface area contributed by atoms with Crippen LogP contribution in [0.5, 0.6) is 0 Å². The Balaban J connectivity index is 1.40. The smallest absolute Gasteiger partial charge is 0.289 e. The van der Waals surface area contributed by atoms with E-state index in [2.05, 4.69) is 0 Å². The molecule has 2 aromatic heterocycles. The van der Waals surface area contributed by atoms with E-state index >= 15 is 0 Å². The Morgan fingerprint density at radius 3 is 0.879 bits per heavy atom. The van der Waals surface area contributed by atoms with Crippen LogP contribution >= 0.6 is 22.7 Å². The summed E-state index contributed by atoms with van der Waals surface area (Å²) in [4.78, 5) is 33.6. The molecule has 1 aliphatic carbocycles. The minimum absolute atomic E-state index is 0.0269. The van der Waals surface area contributed by atoms with Crippen molar-refractivity contribution in [3.63, 3.8) is 0 Å². The average Bonchev–Trinajstić information content (AvgIpc) is 3.94. The predicted molar refractivity (Wildman–Crippen MR) is 172 cm³/mol. The van der Waals surface area contributed by atoms with Crippen molar-refractivity contribution in [2.24, 2.45) is 0 Å². The van der Waals surface area contributed by atoms with E-state index in [-0.39, 0.29) is 68.2 Å². The fourth-order valence-corrected chi connectivity index (χ4v) is 7.70. The molecule has 0 bridgehead atoms. The summed E-state index contributed by atoms with van der Waals surface area (Å²) in [6.45, 7) is 0. The van der Waals surface area contributed by atoms with Crippen molar-refractivity contribution in [2.75, 3.05) is 0 Å². The molecule has 0 radical (unpaired) electrons. The molecule has 66 heavy (non-hydrogen) atoms. The van der Waals surface area contributed by atoms with Crippen molar-refractivity contribution < 1.29 is 129 Å². The molecule has 362 valence electrons. The Morgan fingerprint density at radius 2 is 0.606 bits per heavy atom. The first kappa shape index (κ1) is 52.0. The summed E-state index contributed by atoms with van der Waals surface area (Å²) in [7, 11) is 0. The molecule has 1 aliphatic rings. The molecule has 0 atom stereocenters. The fourth-order valence-electron chi connectivity index (χ4n) is 5.75. The first-order chi connectivity index (χ1) is 29.3. The van der Waals surface area contributed by atoms with E-state index in [9.17, 15) is 129 Å². The Labute approximate surface area is 353 Å². The lowest BCUT2D eigenvalue weighted by atomic mass is 9.92. The number of carbonyl (C=O) groups excluding carboxylic acids is 3. The maximum atomic E-state index is 14.6. The summed E-state index contributed by atoms with van der Waals surface area (Å²) < 4.78 is 353. The number of halogens is 26. The lowest BCUT2D eigenvalue weighted by Gasteiger charge is -2.39. The van der Waals surface area contributed by atoms with Gasteiger partial charge in [0.25, 0.3) is 0 Å². The number of benzene rings is 2. The molecular weight excluding hydrogens is 1030 g/mol. The van der Waals surface area contributed by atoms with Crippen molar-refractivity contribution in [3.05, 3.63) is 81.5 Å². The van der Waals surface area contributed by atoms with Crippen LogP contribution in [0.4, 0.5) is 114 Å². The highest BCUT2D eigenvalue weighted by molar-refractivity contribution is 7.17. The highest BCUT2D eigenvalue weighted by atomic mass is 32.1. The number of thiophene rings is 2. The second-order valence-electron chi connectivity index (χ2n) is 13.6. The van der Waals surface area contributed by atoms with E-state index in [4.69, 9.17) is 0 Å². The molecule has 0 spiro atoms. The van der Waals surface area contributed by atoms with Gasteiger partial charge in [0.2, 0.25) is 11.6 Å². The Morgan fingerprint density at radius 1 is 0.333 bits per heavy atom. The molecule has 2 aromatic carbocycles. The molecule has 2 heterocycles. The molecule has 0 N–H and O–H groups in total. The zero-order chi connectivity index (χ0) is 51.0. The van der Waals surface area contributed by atoms with Crippen LogP contribution < -0.4 is 0 Å². The minimum Gasteiger partial charge on any atom is -0.289 e. The first-order valence-electron chi connectivity index (χ1n) is 16.4. The van der Waals surface area contributed by atoms with Crippen LogP contribution in [-0.4, -0.2) is 88.9 Å². The van der Waals surface area contributed by atoms with E-state index in [0.717, 1.165) is 36.4 Å². The molecule has 0 fully saturated rings. The molecule has 0 saturated carbocycles. The summed E-state index contributed by atoms with van der Waals surface area (Å²) in [5, 5.41) is 0. The second kappa shape index (κ2) is 15.0. The Kier molecular flexibility index (Phi) is 11.8. The van der Waals surface area contributed by atoms with Crippen LogP contribution in [0.3, 0.4) is 0 Å². The van der Waals surface area contributed by atoms with Crippen LogP contribution in [0.15, 0.2) is 60.7 Å².